The molecule has 2 aromatic heterocycles. The molecular formula is C11H15ClN6. The van der Waals surface area contributed by atoms with E-state index < -0.39 is 0 Å². The summed E-state index contributed by atoms with van der Waals surface area (Å²) in [7, 11) is 1.94. The first-order valence-corrected chi connectivity index (χ1v) is 6.19. The van der Waals surface area contributed by atoms with Gasteiger partial charge < -0.3 is 4.90 Å². The minimum absolute atomic E-state index is 0.187. The van der Waals surface area contributed by atoms with Gasteiger partial charge in [0, 0.05) is 26.0 Å². The molecule has 2 rings (SSSR count). The van der Waals surface area contributed by atoms with E-state index in [2.05, 4.69) is 26.9 Å². The second kappa shape index (κ2) is 5.77. The molecule has 0 aliphatic heterocycles. The Balaban J connectivity index is 2.26. The van der Waals surface area contributed by atoms with Gasteiger partial charge in [0.15, 0.2) is 0 Å². The van der Waals surface area contributed by atoms with E-state index in [0.717, 1.165) is 19.4 Å². The van der Waals surface area contributed by atoms with Gasteiger partial charge in [0.25, 0.3) is 0 Å². The lowest BCUT2D eigenvalue weighted by Crippen LogP contribution is -2.22. The number of nitrogens with zero attached hydrogens (tertiary/aromatic N) is 6. The molecule has 0 aliphatic rings. The SMILES string of the molecule is CCCCN(C)c1nc(Cl)nc(-n2ccnc2)n1. The summed E-state index contributed by atoms with van der Waals surface area (Å²) in [4.78, 5) is 18.5. The lowest BCUT2D eigenvalue weighted by Gasteiger charge is -2.16. The first kappa shape index (κ1) is 12.8. The first-order valence-electron chi connectivity index (χ1n) is 5.81. The molecule has 0 amide bonds. The summed E-state index contributed by atoms with van der Waals surface area (Å²) in [5.74, 6) is 1.05. The van der Waals surface area contributed by atoms with Crippen molar-refractivity contribution < 1.29 is 0 Å². The number of imidazole rings is 1. The average molecular weight is 267 g/mol. The Labute approximate surface area is 111 Å². The number of unbranched alkanes of at least 4 members (excludes halogenated alkanes) is 1. The second-order valence-electron chi connectivity index (χ2n) is 3.95. The molecule has 0 spiro atoms. The Hall–Kier alpha value is -1.69. The van der Waals surface area contributed by atoms with Crippen LogP contribution in [0.5, 0.6) is 0 Å². The van der Waals surface area contributed by atoms with Crippen LogP contribution in [0.4, 0.5) is 5.95 Å². The van der Waals surface area contributed by atoms with E-state index in [0.29, 0.717) is 11.9 Å². The monoisotopic (exact) mass is 266 g/mol. The molecule has 6 nitrogen and oxygen atoms in total. The van der Waals surface area contributed by atoms with Crippen molar-refractivity contribution in [2.75, 3.05) is 18.5 Å². The van der Waals surface area contributed by atoms with Crippen molar-refractivity contribution in [3.05, 3.63) is 24.0 Å². The van der Waals surface area contributed by atoms with E-state index in [-0.39, 0.29) is 5.28 Å². The Morgan fingerprint density at radius 3 is 2.83 bits per heavy atom. The first-order chi connectivity index (χ1) is 8.70. The molecule has 18 heavy (non-hydrogen) atoms. The molecular weight excluding hydrogens is 252 g/mol. The van der Waals surface area contributed by atoms with Crippen LogP contribution in [0, 0.1) is 0 Å². The van der Waals surface area contributed by atoms with Crippen LogP contribution in [0.1, 0.15) is 19.8 Å². The van der Waals surface area contributed by atoms with Crippen molar-refractivity contribution in [3.8, 4) is 5.95 Å². The van der Waals surface area contributed by atoms with E-state index in [4.69, 9.17) is 11.6 Å². The fraction of sp³-hybridized carbons (Fsp3) is 0.455. The number of anilines is 1. The van der Waals surface area contributed by atoms with E-state index in [1.165, 1.54) is 0 Å². The zero-order chi connectivity index (χ0) is 13.0. The summed E-state index contributed by atoms with van der Waals surface area (Å²) >= 11 is 5.92. The predicted octanol–water partition coefficient (Wildman–Crippen LogP) is 1.95. The molecule has 2 aromatic rings. The molecule has 0 saturated carbocycles. The van der Waals surface area contributed by atoms with Gasteiger partial charge in [-0.3, -0.25) is 4.57 Å². The largest absolute Gasteiger partial charge is 0.344 e. The molecule has 0 atom stereocenters. The van der Waals surface area contributed by atoms with Crippen molar-refractivity contribution in [2.24, 2.45) is 0 Å². The molecule has 0 unspecified atom stereocenters. The summed E-state index contributed by atoms with van der Waals surface area (Å²) in [6.07, 6.45) is 7.26. The van der Waals surface area contributed by atoms with Gasteiger partial charge in [0.05, 0.1) is 0 Å². The zero-order valence-corrected chi connectivity index (χ0v) is 11.2. The Morgan fingerprint density at radius 2 is 2.17 bits per heavy atom. The molecule has 0 aromatic carbocycles. The molecule has 0 radical (unpaired) electrons. The minimum Gasteiger partial charge on any atom is -0.344 e. The van der Waals surface area contributed by atoms with E-state index in [1.807, 2.05) is 11.9 Å². The smallest absolute Gasteiger partial charge is 0.241 e. The van der Waals surface area contributed by atoms with Crippen LogP contribution in [0.2, 0.25) is 5.28 Å². The second-order valence-corrected chi connectivity index (χ2v) is 4.29. The molecule has 2 heterocycles. The number of hydrogen-bond donors (Lipinski definition) is 0. The zero-order valence-electron chi connectivity index (χ0n) is 10.4. The number of rotatable bonds is 5. The quantitative estimate of drug-likeness (QED) is 0.828. The van der Waals surface area contributed by atoms with Gasteiger partial charge in [-0.1, -0.05) is 13.3 Å². The Bertz CT molecular complexity index is 498. The van der Waals surface area contributed by atoms with Crippen molar-refractivity contribution in [1.29, 1.82) is 0 Å². The fourth-order valence-corrected chi connectivity index (χ4v) is 1.64. The van der Waals surface area contributed by atoms with Gasteiger partial charge in [-0.05, 0) is 18.0 Å². The topological polar surface area (TPSA) is 59.7 Å². The van der Waals surface area contributed by atoms with Crippen molar-refractivity contribution in [3.63, 3.8) is 0 Å². The number of hydrogen-bond acceptors (Lipinski definition) is 5. The highest BCUT2D eigenvalue weighted by Gasteiger charge is 2.09. The molecule has 7 heteroatoms. The van der Waals surface area contributed by atoms with Gasteiger partial charge in [0.1, 0.15) is 6.33 Å². The maximum Gasteiger partial charge on any atom is 0.241 e. The highest BCUT2D eigenvalue weighted by molar-refractivity contribution is 6.28. The number of aromatic nitrogens is 5. The molecule has 0 bridgehead atoms. The van der Waals surface area contributed by atoms with Gasteiger partial charge in [-0.2, -0.15) is 15.0 Å². The highest BCUT2D eigenvalue weighted by Crippen LogP contribution is 2.12. The number of halogens is 1. The predicted molar refractivity (Wildman–Crippen MR) is 70.1 cm³/mol. The maximum atomic E-state index is 5.92. The fourth-order valence-electron chi connectivity index (χ4n) is 1.49. The van der Waals surface area contributed by atoms with Crippen molar-refractivity contribution in [1.82, 2.24) is 24.5 Å². The summed E-state index contributed by atoms with van der Waals surface area (Å²) < 4.78 is 1.70. The third kappa shape index (κ3) is 2.95. The molecule has 96 valence electrons. The van der Waals surface area contributed by atoms with E-state index in [1.54, 1.807) is 23.3 Å². The van der Waals surface area contributed by atoms with Crippen LogP contribution in [0.3, 0.4) is 0 Å². The standard InChI is InChI=1S/C11H15ClN6/c1-3-4-6-17(2)10-14-9(12)15-11(16-10)18-7-5-13-8-18/h5,7-8H,3-4,6H2,1-2H3. The normalized spacial score (nSPS) is 10.6. The average Bonchev–Trinajstić information content (AvgIpc) is 2.89. The van der Waals surface area contributed by atoms with Crippen LogP contribution < -0.4 is 4.90 Å². The lowest BCUT2D eigenvalue weighted by atomic mass is 10.3. The van der Waals surface area contributed by atoms with Crippen LogP contribution in [0.15, 0.2) is 18.7 Å². The van der Waals surface area contributed by atoms with E-state index >= 15 is 0 Å². The van der Waals surface area contributed by atoms with Crippen LogP contribution in [-0.2, 0) is 0 Å². The van der Waals surface area contributed by atoms with Crippen molar-refractivity contribution in [2.45, 2.75) is 19.8 Å². The third-order valence-electron chi connectivity index (χ3n) is 2.51. The van der Waals surface area contributed by atoms with E-state index in [9.17, 15) is 0 Å². The molecule has 0 fully saturated rings. The van der Waals surface area contributed by atoms with Crippen LogP contribution in [-0.4, -0.2) is 38.1 Å². The Kier molecular flexibility index (Phi) is 4.09. The van der Waals surface area contributed by atoms with Crippen molar-refractivity contribution >= 4 is 17.5 Å². The highest BCUT2D eigenvalue weighted by atomic mass is 35.5. The van der Waals surface area contributed by atoms with Crippen LogP contribution in [0.25, 0.3) is 5.95 Å². The van der Waals surface area contributed by atoms with Gasteiger partial charge in [0.2, 0.25) is 17.2 Å². The molecule has 0 aliphatic carbocycles. The van der Waals surface area contributed by atoms with Gasteiger partial charge >= 0.3 is 0 Å². The van der Waals surface area contributed by atoms with Crippen LogP contribution >= 0.6 is 11.6 Å². The van der Waals surface area contributed by atoms with Gasteiger partial charge in [-0.15, -0.1) is 0 Å². The summed E-state index contributed by atoms with van der Waals surface area (Å²) in [5.41, 5.74) is 0. The lowest BCUT2D eigenvalue weighted by molar-refractivity contribution is 0.741. The van der Waals surface area contributed by atoms with Gasteiger partial charge in [-0.25, -0.2) is 4.98 Å². The summed E-state index contributed by atoms with van der Waals surface area (Å²) in [6.45, 7) is 3.03. The Morgan fingerprint density at radius 1 is 1.33 bits per heavy atom. The minimum atomic E-state index is 0.187. The third-order valence-corrected chi connectivity index (χ3v) is 2.68. The summed E-state index contributed by atoms with van der Waals surface area (Å²) in [5, 5.41) is 0.187. The summed E-state index contributed by atoms with van der Waals surface area (Å²) in [6, 6.07) is 0. The maximum absolute atomic E-state index is 5.92. The molecule has 0 saturated heterocycles. The molecule has 0 N–H and O–H groups in total.